The van der Waals surface area contributed by atoms with Gasteiger partial charge in [0, 0.05) is 24.8 Å². The van der Waals surface area contributed by atoms with Gasteiger partial charge in [0.15, 0.2) is 0 Å². The van der Waals surface area contributed by atoms with E-state index in [0.29, 0.717) is 11.6 Å². The molecule has 0 bridgehead atoms. The molecule has 1 heterocycles. The summed E-state index contributed by atoms with van der Waals surface area (Å²) in [6.45, 7) is 1.98. The molecule has 5 heteroatoms. The fourth-order valence-electron chi connectivity index (χ4n) is 2.84. The molecule has 0 aliphatic carbocycles. The van der Waals surface area contributed by atoms with Gasteiger partial charge in [0.2, 0.25) is 0 Å². The summed E-state index contributed by atoms with van der Waals surface area (Å²) in [7, 11) is 0. The number of thiocarbonyl (C=S) groups is 1. The van der Waals surface area contributed by atoms with Gasteiger partial charge in [-0.25, -0.2) is 4.39 Å². The van der Waals surface area contributed by atoms with Crippen LogP contribution < -0.4 is 5.73 Å². The third kappa shape index (κ3) is 3.75. The molecule has 1 aromatic rings. The Morgan fingerprint density at radius 1 is 1.45 bits per heavy atom. The third-order valence-electron chi connectivity index (χ3n) is 3.89. The second-order valence-electron chi connectivity index (χ2n) is 5.31. The molecule has 1 fully saturated rings. The van der Waals surface area contributed by atoms with E-state index in [-0.39, 0.29) is 17.4 Å². The number of likely N-dealkylation sites (tertiary alicyclic amines) is 1. The van der Waals surface area contributed by atoms with E-state index in [0.717, 1.165) is 31.5 Å². The van der Waals surface area contributed by atoms with Crippen molar-refractivity contribution in [1.29, 1.82) is 0 Å². The molecule has 3 nitrogen and oxygen atoms in total. The maximum Gasteiger partial charge on any atom is 0.133 e. The lowest BCUT2D eigenvalue weighted by Gasteiger charge is -2.35. The highest BCUT2D eigenvalue weighted by molar-refractivity contribution is 7.80. The van der Waals surface area contributed by atoms with Crippen molar-refractivity contribution >= 4 is 17.2 Å². The van der Waals surface area contributed by atoms with Crippen molar-refractivity contribution in [3.63, 3.8) is 0 Å². The van der Waals surface area contributed by atoms with E-state index in [2.05, 4.69) is 4.90 Å². The van der Waals surface area contributed by atoms with E-state index in [1.54, 1.807) is 12.1 Å². The van der Waals surface area contributed by atoms with Crippen molar-refractivity contribution in [1.82, 2.24) is 4.90 Å². The minimum atomic E-state index is -0.369. The first-order valence-corrected chi connectivity index (χ1v) is 7.45. The van der Waals surface area contributed by atoms with E-state index in [1.807, 2.05) is 0 Å². The minimum Gasteiger partial charge on any atom is -0.396 e. The number of hydrogen-bond acceptors (Lipinski definition) is 3. The van der Waals surface area contributed by atoms with E-state index in [9.17, 15) is 4.39 Å². The first-order valence-electron chi connectivity index (χ1n) is 7.05. The summed E-state index contributed by atoms with van der Waals surface area (Å²) in [5.74, 6) is -0.369. The zero-order valence-electron chi connectivity index (χ0n) is 11.5. The summed E-state index contributed by atoms with van der Waals surface area (Å²) in [6.07, 6.45) is 4.29. The number of piperidine rings is 1. The second kappa shape index (κ2) is 7.11. The zero-order chi connectivity index (χ0) is 14.5. The van der Waals surface area contributed by atoms with Crippen LogP contribution in [0.1, 0.15) is 36.8 Å². The molecule has 1 aliphatic rings. The predicted octanol–water partition coefficient (Wildman–Crippen LogP) is 2.20. The summed E-state index contributed by atoms with van der Waals surface area (Å²) < 4.78 is 13.6. The zero-order valence-corrected chi connectivity index (χ0v) is 12.3. The molecule has 0 saturated carbocycles. The highest BCUT2D eigenvalue weighted by Gasteiger charge is 2.22. The Morgan fingerprint density at radius 2 is 2.25 bits per heavy atom. The van der Waals surface area contributed by atoms with E-state index in [1.165, 1.54) is 18.9 Å². The first kappa shape index (κ1) is 15.4. The van der Waals surface area contributed by atoms with Crippen LogP contribution in [0.15, 0.2) is 18.2 Å². The van der Waals surface area contributed by atoms with Crippen LogP contribution in [0.25, 0.3) is 0 Å². The van der Waals surface area contributed by atoms with Crippen molar-refractivity contribution < 1.29 is 9.50 Å². The molecule has 110 valence electrons. The maximum atomic E-state index is 13.6. The molecule has 2 rings (SSSR count). The highest BCUT2D eigenvalue weighted by atomic mass is 32.1. The van der Waals surface area contributed by atoms with Gasteiger partial charge in [-0.1, -0.05) is 24.7 Å². The molecule has 1 saturated heterocycles. The summed E-state index contributed by atoms with van der Waals surface area (Å²) in [5, 5.41) is 9.15. The van der Waals surface area contributed by atoms with Gasteiger partial charge in [-0.2, -0.15) is 0 Å². The summed E-state index contributed by atoms with van der Waals surface area (Å²) in [5.41, 5.74) is 6.86. The lowest BCUT2D eigenvalue weighted by molar-refractivity contribution is 0.112. The average molecular weight is 296 g/mol. The monoisotopic (exact) mass is 296 g/mol. The lowest BCUT2D eigenvalue weighted by Crippen LogP contribution is -2.39. The van der Waals surface area contributed by atoms with Crippen LogP contribution in [0, 0.1) is 5.82 Å². The predicted molar refractivity (Wildman–Crippen MR) is 82.0 cm³/mol. The molecule has 1 unspecified atom stereocenters. The number of benzene rings is 1. The number of halogens is 1. The molecule has 3 N–H and O–H groups in total. The van der Waals surface area contributed by atoms with E-state index in [4.69, 9.17) is 23.1 Å². The Bertz CT molecular complexity index is 479. The standard InChI is InChI=1S/C15H21FN2OS/c16-14-5-4-11(9-13(14)15(17)20)10-18-7-2-1-3-12(18)6-8-19/h4-5,9,12,19H,1-3,6-8,10H2,(H2,17,20). The first-order chi connectivity index (χ1) is 9.61. The smallest absolute Gasteiger partial charge is 0.133 e. The van der Waals surface area contributed by atoms with Crippen LogP contribution in [-0.4, -0.2) is 34.2 Å². The fourth-order valence-corrected chi connectivity index (χ4v) is 2.99. The van der Waals surface area contributed by atoms with Crippen LogP contribution in [-0.2, 0) is 6.54 Å². The Labute approximate surface area is 124 Å². The Hall–Kier alpha value is -1.04. The Kier molecular flexibility index (Phi) is 5.46. The largest absolute Gasteiger partial charge is 0.396 e. The number of aliphatic hydroxyl groups excluding tert-OH is 1. The van der Waals surface area contributed by atoms with Gasteiger partial charge in [-0.15, -0.1) is 0 Å². The van der Waals surface area contributed by atoms with Crippen LogP contribution >= 0.6 is 12.2 Å². The topological polar surface area (TPSA) is 49.5 Å². The number of rotatable bonds is 5. The van der Waals surface area contributed by atoms with Crippen LogP contribution in [0.3, 0.4) is 0 Å². The number of aliphatic hydroxyl groups is 1. The Balaban J connectivity index is 2.11. The van der Waals surface area contributed by atoms with Crippen molar-refractivity contribution in [2.75, 3.05) is 13.2 Å². The molecule has 1 aliphatic heterocycles. The van der Waals surface area contributed by atoms with Crippen LogP contribution in [0.5, 0.6) is 0 Å². The number of hydrogen-bond donors (Lipinski definition) is 2. The number of nitrogens with zero attached hydrogens (tertiary/aromatic N) is 1. The maximum absolute atomic E-state index is 13.6. The molecule has 0 radical (unpaired) electrons. The van der Waals surface area contributed by atoms with Gasteiger partial charge < -0.3 is 10.8 Å². The molecular weight excluding hydrogens is 275 g/mol. The lowest BCUT2D eigenvalue weighted by atomic mass is 9.98. The quantitative estimate of drug-likeness (QED) is 0.818. The van der Waals surface area contributed by atoms with Crippen LogP contribution in [0.4, 0.5) is 4.39 Å². The fraction of sp³-hybridized carbons (Fsp3) is 0.533. The van der Waals surface area contributed by atoms with Gasteiger partial charge >= 0.3 is 0 Å². The van der Waals surface area contributed by atoms with E-state index >= 15 is 0 Å². The highest BCUT2D eigenvalue weighted by Crippen LogP contribution is 2.22. The third-order valence-corrected chi connectivity index (χ3v) is 4.11. The molecule has 0 aromatic heterocycles. The summed E-state index contributed by atoms with van der Waals surface area (Å²) in [6, 6.07) is 5.35. The molecule has 20 heavy (non-hydrogen) atoms. The number of nitrogens with two attached hydrogens (primary N) is 1. The molecule has 1 aromatic carbocycles. The summed E-state index contributed by atoms with van der Waals surface area (Å²) >= 11 is 4.87. The summed E-state index contributed by atoms with van der Waals surface area (Å²) in [4.78, 5) is 2.45. The molecule has 0 amide bonds. The molecular formula is C15H21FN2OS. The van der Waals surface area contributed by atoms with Gasteiger partial charge in [0.25, 0.3) is 0 Å². The van der Waals surface area contributed by atoms with Crippen LogP contribution in [0.2, 0.25) is 0 Å². The second-order valence-corrected chi connectivity index (χ2v) is 5.75. The molecule has 0 spiro atoms. The normalized spacial score (nSPS) is 20.0. The van der Waals surface area contributed by atoms with E-state index < -0.39 is 0 Å². The average Bonchev–Trinajstić information content (AvgIpc) is 2.43. The Morgan fingerprint density at radius 3 is 2.95 bits per heavy atom. The minimum absolute atomic E-state index is 0.0925. The SMILES string of the molecule is NC(=S)c1cc(CN2CCCCC2CCO)ccc1F. The molecule has 1 atom stereocenters. The van der Waals surface area contributed by atoms with Crippen molar-refractivity contribution in [2.24, 2.45) is 5.73 Å². The van der Waals surface area contributed by atoms with Gasteiger partial charge in [-0.05, 0) is 43.5 Å². The van der Waals surface area contributed by atoms with Crippen molar-refractivity contribution in [2.45, 2.75) is 38.3 Å². The van der Waals surface area contributed by atoms with Gasteiger partial charge in [0.05, 0.1) is 0 Å². The van der Waals surface area contributed by atoms with Gasteiger partial charge in [-0.3, -0.25) is 4.90 Å². The van der Waals surface area contributed by atoms with Crippen molar-refractivity contribution in [3.05, 3.63) is 35.1 Å². The van der Waals surface area contributed by atoms with Crippen molar-refractivity contribution in [3.8, 4) is 0 Å². The van der Waals surface area contributed by atoms with Gasteiger partial charge in [0.1, 0.15) is 10.8 Å².